The molecule has 0 saturated heterocycles. The molecule has 1 aromatic carbocycles. The van der Waals surface area contributed by atoms with Crippen molar-refractivity contribution in [3.63, 3.8) is 0 Å². The van der Waals surface area contributed by atoms with E-state index in [2.05, 4.69) is 0 Å². The maximum absolute atomic E-state index is 13.5. The van der Waals surface area contributed by atoms with Crippen LogP contribution in [0.5, 0.6) is 0 Å². The quantitative estimate of drug-likeness (QED) is 0.766. The average Bonchev–Trinajstić information content (AvgIpc) is 2.69. The van der Waals surface area contributed by atoms with E-state index >= 15 is 0 Å². The van der Waals surface area contributed by atoms with Crippen molar-refractivity contribution in [1.29, 1.82) is 0 Å². The smallest absolute Gasteiger partial charge is 0.231 e. The Balaban J connectivity index is 2.47. The molecule has 88 valence electrons. The van der Waals surface area contributed by atoms with E-state index in [-0.39, 0.29) is 22.1 Å². The van der Waals surface area contributed by atoms with Crippen LogP contribution in [0, 0.1) is 18.6 Å². The van der Waals surface area contributed by atoms with Crippen LogP contribution in [0.2, 0.25) is 5.22 Å². The molecule has 0 atom stereocenters. The third kappa shape index (κ3) is 2.22. The third-order valence-corrected chi connectivity index (χ3v) is 2.49. The first-order valence-electron chi connectivity index (χ1n) is 4.74. The molecular formula is C12H7ClF2O2. The summed E-state index contributed by atoms with van der Waals surface area (Å²) < 4.78 is 31.6. The van der Waals surface area contributed by atoms with Crippen LogP contribution < -0.4 is 0 Å². The van der Waals surface area contributed by atoms with Crippen LogP contribution in [0.3, 0.4) is 0 Å². The second-order valence-corrected chi connectivity index (χ2v) is 3.89. The number of aryl methyl sites for hydroxylation is 1. The van der Waals surface area contributed by atoms with Crippen molar-refractivity contribution in [1.82, 2.24) is 0 Å². The highest BCUT2D eigenvalue weighted by molar-refractivity contribution is 6.29. The lowest BCUT2D eigenvalue weighted by molar-refractivity contribution is 0.100. The fourth-order valence-corrected chi connectivity index (χ4v) is 1.54. The minimum Gasteiger partial charge on any atom is -0.441 e. The molecule has 0 spiro atoms. The van der Waals surface area contributed by atoms with Gasteiger partial charge in [0.05, 0.1) is 5.56 Å². The van der Waals surface area contributed by atoms with Gasteiger partial charge >= 0.3 is 0 Å². The van der Waals surface area contributed by atoms with Gasteiger partial charge in [-0.1, -0.05) is 0 Å². The predicted octanol–water partition coefficient (Wildman–Crippen LogP) is 3.75. The molecule has 0 N–H and O–H groups in total. The monoisotopic (exact) mass is 256 g/mol. The minimum atomic E-state index is -0.790. The van der Waals surface area contributed by atoms with E-state index in [1.807, 2.05) is 0 Å². The summed E-state index contributed by atoms with van der Waals surface area (Å²) in [5.41, 5.74) is -0.240. The molecule has 0 bridgehead atoms. The van der Waals surface area contributed by atoms with Crippen LogP contribution in [0.1, 0.15) is 21.7 Å². The van der Waals surface area contributed by atoms with E-state index < -0.39 is 17.4 Å². The molecule has 5 heteroatoms. The third-order valence-electron chi connectivity index (χ3n) is 2.29. The molecule has 0 radical (unpaired) electrons. The molecule has 0 aliphatic rings. The summed E-state index contributed by atoms with van der Waals surface area (Å²) in [7, 11) is 0. The Kier molecular flexibility index (Phi) is 2.98. The van der Waals surface area contributed by atoms with E-state index in [9.17, 15) is 13.6 Å². The molecule has 2 aromatic rings. The molecule has 0 unspecified atom stereocenters. The Morgan fingerprint density at radius 3 is 2.53 bits per heavy atom. The molecule has 1 heterocycles. The first kappa shape index (κ1) is 11.8. The summed E-state index contributed by atoms with van der Waals surface area (Å²) in [6, 6.07) is 4.48. The zero-order chi connectivity index (χ0) is 12.6. The standard InChI is InChI=1S/C12H7ClF2O2/c1-6-4-9(15)7(5-8(6)14)12(16)10-2-3-11(13)17-10/h2-5H,1H3. The fraction of sp³-hybridized carbons (Fsp3) is 0.0833. The first-order valence-corrected chi connectivity index (χ1v) is 5.12. The van der Waals surface area contributed by atoms with Crippen molar-refractivity contribution in [3.8, 4) is 0 Å². The van der Waals surface area contributed by atoms with E-state index in [4.69, 9.17) is 16.0 Å². The zero-order valence-electron chi connectivity index (χ0n) is 8.76. The molecule has 2 rings (SSSR count). The van der Waals surface area contributed by atoms with E-state index in [0.29, 0.717) is 0 Å². The van der Waals surface area contributed by atoms with Crippen LogP contribution >= 0.6 is 11.6 Å². The fourth-order valence-electron chi connectivity index (χ4n) is 1.39. The topological polar surface area (TPSA) is 30.2 Å². The lowest BCUT2D eigenvalue weighted by Gasteiger charge is -2.02. The minimum absolute atomic E-state index is 0.0151. The molecular weight excluding hydrogens is 250 g/mol. The highest BCUT2D eigenvalue weighted by Gasteiger charge is 2.19. The molecule has 0 aliphatic carbocycles. The van der Waals surface area contributed by atoms with Crippen molar-refractivity contribution in [3.05, 3.63) is 58.0 Å². The Bertz CT molecular complexity index is 590. The molecule has 17 heavy (non-hydrogen) atoms. The molecule has 0 aliphatic heterocycles. The number of carbonyl (C=O) groups excluding carboxylic acids is 1. The number of furan rings is 1. The average molecular weight is 257 g/mol. The highest BCUT2D eigenvalue weighted by Crippen LogP contribution is 2.20. The van der Waals surface area contributed by atoms with Crippen LogP contribution in [0.25, 0.3) is 0 Å². The number of hydrogen-bond acceptors (Lipinski definition) is 2. The largest absolute Gasteiger partial charge is 0.441 e. The van der Waals surface area contributed by atoms with E-state index in [1.165, 1.54) is 19.1 Å². The maximum atomic E-state index is 13.5. The van der Waals surface area contributed by atoms with Gasteiger partial charge in [0.1, 0.15) is 11.6 Å². The Hall–Kier alpha value is -1.68. The van der Waals surface area contributed by atoms with Gasteiger partial charge in [0.15, 0.2) is 11.0 Å². The van der Waals surface area contributed by atoms with Gasteiger partial charge in [0.25, 0.3) is 0 Å². The summed E-state index contributed by atoms with van der Waals surface area (Å²) in [4.78, 5) is 11.8. The van der Waals surface area contributed by atoms with Crippen LogP contribution in [0.4, 0.5) is 8.78 Å². The second-order valence-electron chi connectivity index (χ2n) is 3.51. The summed E-state index contributed by atoms with van der Waals surface area (Å²) in [6.07, 6.45) is 0. The van der Waals surface area contributed by atoms with Gasteiger partial charge in [-0.25, -0.2) is 8.78 Å². The van der Waals surface area contributed by atoms with Gasteiger partial charge in [0, 0.05) is 0 Å². The molecule has 2 nitrogen and oxygen atoms in total. The number of ketones is 1. The number of benzene rings is 1. The van der Waals surface area contributed by atoms with Crippen molar-refractivity contribution < 1.29 is 18.0 Å². The number of hydrogen-bond donors (Lipinski definition) is 0. The summed E-state index contributed by atoms with van der Waals surface area (Å²) in [5.74, 6) is -2.31. The van der Waals surface area contributed by atoms with Crippen molar-refractivity contribution in [2.24, 2.45) is 0 Å². The highest BCUT2D eigenvalue weighted by atomic mass is 35.5. The van der Waals surface area contributed by atoms with Gasteiger partial charge in [-0.15, -0.1) is 0 Å². The van der Waals surface area contributed by atoms with E-state index in [1.54, 1.807) is 0 Å². The van der Waals surface area contributed by atoms with Crippen LogP contribution in [-0.2, 0) is 0 Å². The SMILES string of the molecule is Cc1cc(F)c(C(=O)c2ccc(Cl)o2)cc1F. The van der Waals surface area contributed by atoms with Gasteiger partial charge in [-0.2, -0.15) is 0 Å². The Morgan fingerprint density at radius 2 is 1.94 bits per heavy atom. The lowest BCUT2D eigenvalue weighted by Crippen LogP contribution is -2.04. The number of halogens is 3. The lowest BCUT2D eigenvalue weighted by atomic mass is 10.1. The number of rotatable bonds is 2. The van der Waals surface area contributed by atoms with Crippen LogP contribution in [0.15, 0.2) is 28.7 Å². The van der Waals surface area contributed by atoms with E-state index in [0.717, 1.165) is 12.1 Å². The van der Waals surface area contributed by atoms with Gasteiger partial charge < -0.3 is 4.42 Å². The summed E-state index contributed by atoms with van der Waals surface area (Å²) in [5, 5.41) is 0.0151. The Morgan fingerprint density at radius 1 is 1.24 bits per heavy atom. The summed E-state index contributed by atoms with van der Waals surface area (Å²) >= 11 is 5.50. The van der Waals surface area contributed by atoms with Crippen LogP contribution in [-0.4, -0.2) is 5.78 Å². The molecule has 1 aromatic heterocycles. The van der Waals surface area contributed by atoms with Gasteiger partial charge in [-0.3, -0.25) is 4.79 Å². The maximum Gasteiger partial charge on any atom is 0.231 e. The zero-order valence-corrected chi connectivity index (χ0v) is 9.52. The van der Waals surface area contributed by atoms with Gasteiger partial charge in [0.2, 0.25) is 5.78 Å². The predicted molar refractivity (Wildman–Crippen MR) is 58.2 cm³/mol. The summed E-state index contributed by atoms with van der Waals surface area (Å²) in [6.45, 7) is 1.41. The van der Waals surface area contributed by atoms with Crippen molar-refractivity contribution in [2.45, 2.75) is 6.92 Å². The van der Waals surface area contributed by atoms with Crippen molar-refractivity contribution >= 4 is 17.4 Å². The molecule has 0 amide bonds. The Labute approximate surface area is 101 Å². The number of carbonyl (C=O) groups is 1. The normalized spacial score (nSPS) is 10.6. The second kappa shape index (κ2) is 4.30. The van der Waals surface area contributed by atoms with Gasteiger partial charge in [-0.05, 0) is 48.4 Å². The molecule has 0 saturated carbocycles. The molecule has 0 fully saturated rings. The first-order chi connectivity index (χ1) is 7.99. The van der Waals surface area contributed by atoms with Crippen molar-refractivity contribution in [2.75, 3.05) is 0 Å².